The van der Waals surface area contributed by atoms with E-state index < -0.39 is 17.5 Å². The van der Waals surface area contributed by atoms with Crippen molar-refractivity contribution in [1.82, 2.24) is 5.32 Å². The largest absolute Gasteiger partial charge is 0.351 e. The van der Waals surface area contributed by atoms with Crippen LogP contribution in [0.5, 0.6) is 0 Å². The number of carbonyl (C=O) groups is 2. The van der Waals surface area contributed by atoms with Gasteiger partial charge in [0.2, 0.25) is 5.91 Å². The first-order chi connectivity index (χ1) is 12.3. The zero-order chi connectivity index (χ0) is 19.3. The third-order valence-electron chi connectivity index (χ3n) is 4.00. The average molecular weight is 360 g/mol. The maximum absolute atomic E-state index is 13.6. The van der Waals surface area contributed by atoms with Crippen molar-refractivity contribution in [2.75, 3.05) is 11.9 Å². The summed E-state index contributed by atoms with van der Waals surface area (Å²) in [6.07, 6.45) is 0.0421. The highest BCUT2D eigenvalue weighted by atomic mass is 19.1. The molecule has 0 radical (unpaired) electrons. The van der Waals surface area contributed by atoms with Crippen LogP contribution in [-0.4, -0.2) is 18.4 Å². The number of halogens is 2. The highest BCUT2D eigenvalue weighted by molar-refractivity contribution is 5.96. The molecular formula is C20H22F2N2O2. The smallest absolute Gasteiger partial charge is 0.254 e. The average Bonchev–Trinajstić information content (AvgIpc) is 2.56. The lowest BCUT2D eigenvalue weighted by molar-refractivity contribution is -0.116. The van der Waals surface area contributed by atoms with E-state index in [4.69, 9.17) is 0 Å². The van der Waals surface area contributed by atoms with Crippen molar-refractivity contribution in [1.29, 1.82) is 0 Å². The summed E-state index contributed by atoms with van der Waals surface area (Å²) in [7, 11) is 0. The summed E-state index contributed by atoms with van der Waals surface area (Å²) in [6, 6.07) is 8.55. The molecule has 2 amide bonds. The van der Waals surface area contributed by atoms with Gasteiger partial charge in [-0.2, -0.15) is 0 Å². The molecule has 2 aromatic carbocycles. The fraction of sp³-hybridized carbons (Fsp3) is 0.300. The van der Waals surface area contributed by atoms with Crippen LogP contribution >= 0.6 is 0 Å². The van der Waals surface area contributed by atoms with Gasteiger partial charge in [0, 0.05) is 24.7 Å². The van der Waals surface area contributed by atoms with Gasteiger partial charge in [-0.1, -0.05) is 32.0 Å². The Morgan fingerprint density at radius 2 is 1.85 bits per heavy atom. The summed E-state index contributed by atoms with van der Waals surface area (Å²) in [6.45, 7) is 6.05. The second kappa shape index (κ2) is 8.56. The van der Waals surface area contributed by atoms with Crippen LogP contribution in [0.1, 0.15) is 47.7 Å². The minimum absolute atomic E-state index is 0.0421. The minimum Gasteiger partial charge on any atom is -0.351 e. The first-order valence-corrected chi connectivity index (χ1v) is 8.42. The molecule has 0 bridgehead atoms. The molecule has 0 atom stereocenters. The summed E-state index contributed by atoms with van der Waals surface area (Å²) in [5, 5.41) is 5.34. The van der Waals surface area contributed by atoms with Crippen LogP contribution in [0.3, 0.4) is 0 Å². The Labute approximate surface area is 151 Å². The third kappa shape index (κ3) is 4.88. The van der Waals surface area contributed by atoms with Crippen molar-refractivity contribution in [2.24, 2.45) is 0 Å². The first-order valence-electron chi connectivity index (χ1n) is 8.42. The number of amides is 2. The zero-order valence-electron chi connectivity index (χ0n) is 15.0. The highest BCUT2D eigenvalue weighted by Gasteiger charge is 2.14. The second-order valence-electron chi connectivity index (χ2n) is 6.37. The fourth-order valence-corrected chi connectivity index (χ4v) is 2.60. The predicted molar refractivity (Wildman–Crippen MR) is 97.2 cm³/mol. The van der Waals surface area contributed by atoms with Gasteiger partial charge in [0.05, 0.1) is 5.56 Å². The van der Waals surface area contributed by atoms with Crippen LogP contribution in [0, 0.1) is 18.6 Å². The Morgan fingerprint density at radius 3 is 2.50 bits per heavy atom. The van der Waals surface area contributed by atoms with E-state index in [1.807, 2.05) is 39.0 Å². The summed E-state index contributed by atoms with van der Waals surface area (Å²) in [5.41, 5.74) is 2.52. The van der Waals surface area contributed by atoms with Gasteiger partial charge >= 0.3 is 0 Å². The highest BCUT2D eigenvalue weighted by Crippen LogP contribution is 2.27. The van der Waals surface area contributed by atoms with E-state index in [2.05, 4.69) is 10.6 Å². The van der Waals surface area contributed by atoms with Crippen molar-refractivity contribution < 1.29 is 18.4 Å². The SMILES string of the molecule is Cc1cccc(C(C)C)c1NC(=O)CCNC(=O)c1ccc(F)cc1F. The Hall–Kier alpha value is -2.76. The standard InChI is InChI=1S/C20H22F2N2O2/c1-12(2)15-6-4-5-13(3)19(15)24-18(25)9-10-23-20(26)16-8-7-14(21)11-17(16)22/h4-8,11-12H,9-10H2,1-3H3,(H,23,26)(H,24,25). The minimum atomic E-state index is -0.937. The molecule has 0 aromatic heterocycles. The van der Waals surface area contributed by atoms with Crippen LogP contribution in [0.25, 0.3) is 0 Å². The van der Waals surface area contributed by atoms with Gasteiger partial charge < -0.3 is 10.6 Å². The van der Waals surface area contributed by atoms with Gasteiger partial charge in [-0.15, -0.1) is 0 Å². The maximum Gasteiger partial charge on any atom is 0.254 e. The lowest BCUT2D eigenvalue weighted by Gasteiger charge is -2.16. The molecule has 4 nitrogen and oxygen atoms in total. The molecule has 0 saturated heterocycles. The number of benzene rings is 2. The topological polar surface area (TPSA) is 58.2 Å². The van der Waals surface area contributed by atoms with Crippen molar-refractivity contribution in [3.8, 4) is 0 Å². The Morgan fingerprint density at radius 1 is 1.12 bits per heavy atom. The number of para-hydroxylation sites is 1. The molecule has 0 aliphatic heterocycles. The van der Waals surface area contributed by atoms with Crippen molar-refractivity contribution in [3.63, 3.8) is 0 Å². The lowest BCUT2D eigenvalue weighted by atomic mass is 9.98. The normalized spacial score (nSPS) is 10.7. The molecule has 0 spiro atoms. The predicted octanol–water partition coefficient (Wildman–Crippen LogP) is 4.16. The molecule has 0 saturated carbocycles. The third-order valence-corrected chi connectivity index (χ3v) is 4.00. The van der Waals surface area contributed by atoms with E-state index in [1.54, 1.807) is 0 Å². The van der Waals surface area contributed by atoms with Crippen LogP contribution in [0.2, 0.25) is 0 Å². The van der Waals surface area contributed by atoms with E-state index in [-0.39, 0.29) is 30.4 Å². The molecule has 0 aliphatic rings. The number of hydrogen-bond acceptors (Lipinski definition) is 2. The van der Waals surface area contributed by atoms with Crippen molar-refractivity contribution in [2.45, 2.75) is 33.1 Å². The van der Waals surface area contributed by atoms with Crippen LogP contribution < -0.4 is 10.6 Å². The van der Waals surface area contributed by atoms with Crippen LogP contribution in [0.15, 0.2) is 36.4 Å². The van der Waals surface area contributed by atoms with Gasteiger partial charge in [0.1, 0.15) is 11.6 Å². The van der Waals surface area contributed by atoms with Crippen molar-refractivity contribution >= 4 is 17.5 Å². The monoisotopic (exact) mass is 360 g/mol. The Kier molecular flexibility index (Phi) is 6.44. The number of nitrogens with one attached hydrogen (secondary N) is 2. The summed E-state index contributed by atoms with van der Waals surface area (Å²) in [4.78, 5) is 24.1. The van der Waals surface area contributed by atoms with Crippen LogP contribution in [-0.2, 0) is 4.79 Å². The Bertz CT molecular complexity index is 819. The second-order valence-corrected chi connectivity index (χ2v) is 6.37. The molecule has 2 rings (SSSR count). The van der Waals surface area contributed by atoms with Gasteiger partial charge in [-0.25, -0.2) is 8.78 Å². The van der Waals surface area contributed by atoms with Crippen molar-refractivity contribution in [3.05, 3.63) is 64.7 Å². The number of anilines is 1. The molecule has 0 aliphatic carbocycles. The van der Waals surface area contributed by atoms with E-state index in [9.17, 15) is 18.4 Å². The summed E-state index contributed by atoms with van der Waals surface area (Å²) >= 11 is 0. The molecule has 2 aromatic rings. The Balaban J connectivity index is 1.93. The quantitative estimate of drug-likeness (QED) is 0.813. The molecule has 2 N–H and O–H groups in total. The lowest BCUT2D eigenvalue weighted by Crippen LogP contribution is -2.28. The zero-order valence-corrected chi connectivity index (χ0v) is 15.0. The first kappa shape index (κ1) is 19.6. The van der Waals surface area contributed by atoms with E-state index in [0.717, 1.165) is 28.9 Å². The number of rotatable bonds is 6. The van der Waals surface area contributed by atoms with Gasteiger partial charge in [0.25, 0.3) is 5.91 Å². The number of hydrogen-bond donors (Lipinski definition) is 2. The van der Waals surface area contributed by atoms with Gasteiger partial charge in [-0.05, 0) is 36.1 Å². The van der Waals surface area contributed by atoms with Gasteiger partial charge in [0.15, 0.2) is 0 Å². The number of carbonyl (C=O) groups excluding carboxylic acids is 2. The molecule has 138 valence electrons. The molecule has 0 heterocycles. The molecule has 26 heavy (non-hydrogen) atoms. The molecule has 0 unspecified atom stereocenters. The molecule has 0 fully saturated rings. The van der Waals surface area contributed by atoms with E-state index >= 15 is 0 Å². The fourth-order valence-electron chi connectivity index (χ4n) is 2.60. The van der Waals surface area contributed by atoms with E-state index in [1.165, 1.54) is 0 Å². The number of aryl methyl sites for hydroxylation is 1. The maximum atomic E-state index is 13.6. The van der Waals surface area contributed by atoms with E-state index in [0.29, 0.717) is 6.07 Å². The van der Waals surface area contributed by atoms with Crippen LogP contribution in [0.4, 0.5) is 14.5 Å². The molecule has 6 heteroatoms. The van der Waals surface area contributed by atoms with Gasteiger partial charge in [-0.3, -0.25) is 9.59 Å². The summed E-state index contributed by atoms with van der Waals surface area (Å²) in [5.74, 6) is -2.37. The summed E-state index contributed by atoms with van der Waals surface area (Å²) < 4.78 is 26.4. The molecular weight excluding hydrogens is 338 g/mol.